The number of pyridine rings is 1. The molecule has 0 aliphatic heterocycles. The quantitative estimate of drug-likeness (QED) is 0.885. The fourth-order valence-electron chi connectivity index (χ4n) is 2.61. The summed E-state index contributed by atoms with van der Waals surface area (Å²) in [5.41, 5.74) is 1.26. The Kier molecular flexibility index (Phi) is 5.41. The minimum absolute atomic E-state index is 0.108. The van der Waals surface area contributed by atoms with Crippen molar-refractivity contribution >= 4 is 0 Å². The fourth-order valence-corrected chi connectivity index (χ4v) is 2.61. The summed E-state index contributed by atoms with van der Waals surface area (Å²) in [6.45, 7) is 8.17. The van der Waals surface area contributed by atoms with E-state index in [1.54, 1.807) is 0 Å². The van der Waals surface area contributed by atoms with Crippen LogP contribution >= 0.6 is 0 Å². The van der Waals surface area contributed by atoms with Crippen molar-refractivity contribution in [2.45, 2.75) is 65.0 Å². The second-order valence-corrected chi connectivity index (χ2v) is 6.90. The molecule has 3 heteroatoms. The van der Waals surface area contributed by atoms with Crippen molar-refractivity contribution in [1.29, 1.82) is 0 Å². The van der Waals surface area contributed by atoms with Crippen LogP contribution in [0.5, 0.6) is 5.75 Å². The zero-order valence-corrected chi connectivity index (χ0v) is 13.1. The van der Waals surface area contributed by atoms with E-state index in [0.717, 1.165) is 30.4 Å². The summed E-state index contributed by atoms with van der Waals surface area (Å²) in [4.78, 5) is 4.22. The van der Waals surface area contributed by atoms with Gasteiger partial charge in [0.1, 0.15) is 5.75 Å². The Morgan fingerprint density at radius 2 is 2.00 bits per heavy atom. The highest BCUT2D eigenvalue weighted by Crippen LogP contribution is 2.25. The van der Waals surface area contributed by atoms with Crippen LogP contribution in [0.4, 0.5) is 0 Å². The number of aromatic nitrogens is 1. The van der Waals surface area contributed by atoms with Crippen LogP contribution in [0.15, 0.2) is 18.5 Å². The molecule has 0 amide bonds. The molecule has 0 bridgehead atoms. The Labute approximate surface area is 123 Å². The molecule has 112 valence electrons. The van der Waals surface area contributed by atoms with E-state index in [-0.39, 0.29) is 5.54 Å². The SMILES string of the molecule is CC(C)(C)NCc1cnccc1OCC1CCCCC1. The van der Waals surface area contributed by atoms with Crippen molar-refractivity contribution in [2.75, 3.05) is 6.61 Å². The molecule has 0 aromatic carbocycles. The van der Waals surface area contributed by atoms with Gasteiger partial charge in [0.25, 0.3) is 0 Å². The number of nitrogens with one attached hydrogen (secondary N) is 1. The maximum atomic E-state index is 6.06. The molecule has 1 heterocycles. The van der Waals surface area contributed by atoms with Gasteiger partial charge in [-0.25, -0.2) is 0 Å². The van der Waals surface area contributed by atoms with Crippen molar-refractivity contribution < 1.29 is 4.74 Å². The molecule has 0 saturated heterocycles. The molecule has 1 aromatic heterocycles. The van der Waals surface area contributed by atoms with Gasteiger partial charge in [-0.15, -0.1) is 0 Å². The van der Waals surface area contributed by atoms with Gasteiger partial charge in [0.05, 0.1) is 6.61 Å². The molecule has 0 atom stereocenters. The van der Waals surface area contributed by atoms with Gasteiger partial charge in [0, 0.05) is 30.0 Å². The lowest BCUT2D eigenvalue weighted by Gasteiger charge is -2.24. The lowest BCUT2D eigenvalue weighted by molar-refractivity contribution is 0.206. The summed E-state index contributed by atoms with van der Waals surface area (Å²) in [5, 5.41) is 3.50. The molecule has 20 heavy (non-hydrogen) atoms. The van der Waals surface area contributed by atoms with E-state index in [0.29, 0.717) is 0 Å². The number of ether oxygens (including phenoxy) is 1. The monoisotopic (exact) mass is 276 g/mol. The number of hydrogen-bond donors (Lipinski definition) is 1. The molecule has 2 rings (SSSR count). The molecule has 1 N–H and O–H groups in total. The lowest BCUT2D eigenvalue weighted by Crippen LogP contribution is -2.35. The normalized spacial score (nSPS) is 17.1. The highest BCUT2D eigenvalue weighted by Gasteiger charge is 2.15. The minimum atomic E-state index is 0.108. The minimum Gasteiger partial charge on any atom is -0.493 e. The molecular formula is C17H28N2O. The second kappa shape index (κ2) is 7.07. The topological polar surface area (TPSA) is 34.2 Å². The van der Waals surface area contributed by atoms with E-state index in [1.807, 2.05) is 18.5 Å². The molecule has 1 fully saturated rings. The maximum Gasteiger partial charge on any atom is 0.126 e. The van der Waals surface area contributed by atoms with Crippen LogP contribution in [0.2, 0.25) is 0 Å². The van der Waals surface area contributed by atoms with Crippen molar-refractivity contribution in [3.05, 3.63) is 24.0 Å². The van der Waals surface area contributed by atoms with E-state index < -0.39 is 0 Å². The lowest BCUT2D eigenvalue weighted by atomic mass is 9.90. The number of nitrogens with zero attached hydrogens (tertiary/aromatic N) is 1. The summed E-state index contributed by atoms with van der Waals surface area (Å²) >= 11 is 0. The van der Waals surface area contributed by atoms with Crippen LogP contribution in [0.3, 0.4) is 0 Å². The molecule has 1 aliphatic carbocycles. The first-order chi connectivity index (χ1) is 9.54. The van der Waals surface area contributed by atoms with E-state index in [2.05, 4.69) is 31.1 Å². The standard InChI is InChI=1S/C17H28N2O/c1-17(2,3)19-12-15-11-18-10-9-16(15)20-13-14-7-5-4-6-8-14/h9-11,14,19H,4-8,12-13H2,1-3H3. The zero-order chi connectivity index (χ0) is 14.4. The first-order valence-corrected chi connectivity index (χ1v) is 7.85. The largest absolute Gasteiger partial charge is 0.493 e. The van der Waals surface area contributed by atoms with Crippen LogP contribution in [0, 0.1) is 5.92 Å². The van der Waals surface area contributed by atoms with Crippen LogP contribution in [-0.4, -0.2) is 17.1 Å². The Bertz CT molecular complexity index is 406. The summed E-state index contributed by atoms with van der Waals surface area (Å²) in [6, 6.07) is 1.99. The third-order valence-electron chi connectivity index (χ3n) is 3.87. The Morgan fingerprint density at radius 1 is 1.25 bits per heavy atom. The Morgan fingerprint density at radius 3 is 2.70 bits per heavy atom. The van der Waals surface area contributed by atoms with Crippen molar-refractivity contribution in [3.8, 4) is 5.75 Å². The summed E-state index contributed by atoms with van der Waals surface area (Å²) in [7, 11) is 0. The highest BCUT2D eigenvalue weighted by molar-refractivity contribution is 5.30. The Hall–Kier alpha value is -1.09. The molecule has 0 unspecified atom stereocenters. The maximum absolute atomic E-state index is 6.06. The van der Waals surface area contributed by atoms with Crippen molar-refractivity contribution in [3.63, 3.8) is 0 Å². The van der Waals surface area contributed by atoms with Crippen LogP contribution in [-0.2, 0) is 6.54 Å². The molecule has 1 aromatic rings. The number of rotatable bonds is 5. The van der Waals surface area contributed by atoms with E-state index in [9.17, 15) is 0 Å². The first-order valence-electron chi connectivity index (χ1n) is 7.85. The van der Waals surface area contributed by atoms with Crippen LogP contribution in [0.1, 0.15) is 58.4 Å². The average Bonchev–Trinajstić information content (AvgIpc) is 2.44. The van der Waals surface area contributed by atoms with Crippen molar-refractivity contribution in [1.82, 2.24) is 10.3 Å². The van der Waals surface area contributed by atoms with Crippen LogP contribution < -0.4 is 10.1 Å². The summed E-state index contributed by atoms with van der Waals surface area (Å²) in [5.74, 6) is 1.72. The van der Waals surface area contributed by atoms with Gasteiger partial charge in [0.2, 0.25) is 0 Å². The van der Waals surface area contributed by atoms with Gasteiger partial charge in [0.15, 0.2) is 0 Å². The predicted octanol–water partition coefficient (Wildman–Crippen LogP) is 3.93. The summed E-state index contributed by atoms with van der Waals surface area (Å²) in [6.07, 6.45) is 10.5. The molecule has 1 saturated carbocycles. The van der Waals surface area contributed by atoms with Gasteiger partial charge in [-0.1, -0.05) is 19.3 Å². The van der Waals surface area contributed by atoms with Gasteiger partial charge in [-0.05, 0) is 45.6 Å². The van der Waals surface area contributed by atoms with E-state index >= 15 is 0 Å². The van der Waals surface area contributed by atoms with Crippen molar-refractivity contribution in [2.24, 2.45) is 5.92 Å². The Balaban J connectivity index is 1.89. The third kappa shape index (κ3) is 5.12. The van der Waals surface area contributed by atoms with Gasteiger partial charge >= 0.3 is 0 Å². The molecular weight excluding hydrogens is 248 g/mol. The van der Waals surface area contributed by atoms with Gasteiger partial charge in [-0.3, -0.25) is 4.98 Å². The molecule has 0 spiro atoms. The van der Waals surface area contributed by atoms with Crippen LogP contribution in [0.25, 0.3) is 0 Å². The average molecular weight is 276 g/mol. The predicted molar refractivity (Wildman–Crippen MR) is 82.9 cm³/mol. The first kappa shape index (κ1) is 15.3. The highest BCUT2D eigenvalue weighted by atomic mass is 16.5. The van der Waals surface area contributed by atoms with E-state index in [4.69, 9.17) is 4.74 Å². The van der Waals surface area contributed by atoms with E-state index in [1.165, 1.54) is 32.1 Å². The van der Waals surface area contributed by atoms with Gasteiger partial charge in [-0.2, -0.15) is 0 Å². The molecule has 1 aliphatic rings. The zero-order valence-electron chi connectivity index (χ0n) is 13.1. The third-order valence-corrected chi connectivity index (χ3v) is 3.87. The molecule has 0 radical (unpaired) electrons. The fraction of sp³-hybridized carbons (Fsp3) is 0.706. The molecule has 3 nitrogen and oxygen atoms in total. The van der Waals surface area contributed by atoms with Gasteiger partial charge < -0.3 is 10.1 Å². The second-order valence-electron chi connectivity index (χ2n) is 6.90. The number of hydrogen-bond acceptors (Lipinski definition) is 3. The smallest absolute Gasteiger partial charge is 0.126 e. The summed E-state index contributed by atoms with van der Waals surface area (Å²) < 4.78 is 6.06.